The van der Waals surface area contributed by atoms with E-state index in [0.717, 1.165) is 26.0 Å². The van der Waals surface area contributed by atoms with E-state index in [-0.39, 0.29) is 26.2 Å². The number of ether oxygens (including phenoxy) is 1. The van der Waals surface area contributed by atoms with Crippen molar-refractivity contribution in [3.8, 4) is 0 Å². The van der Waals surface area contributed by atoms with Crippen molar-refractivity contribution in [3.05, 3.63) is 48.0 Å². The zero-order valence-corrected chi connectivity index (χ0v) is 22.5. The van der Waals surface area contributed by atoms with Gasteiger partial charge in [0.25, 0.3) is 0 Å². The van der Waals surface area contributed by atoms with Gasteiger partial charge in [-0.3, -0.25) is 0 Å². The van der Waals surface area contributed by atoms with Gasteiger partial charge in [-0.15, -0.1) is 6.54 Å². The standard InChI is InChI=1S/C14H25NOSi.2C4H9.Zr/c1-10-11(2)13(4)14(12(10)3)17(6,7)15-8-9-16-5;2*1-3-4-2;/h8-9H2,1-7H3;2*1,3-4H2,2H3;/q3*-1;+4. The van der Waals surface area contributed by atoms with Gasteiger partial charge in [0.1, 0.15) is 0 Å². The van der Waals surface area contributed by atoms with Crippen LogP contribution in [0.25, 0.3) is 4.98 Å². The number of nitrogens with zero attached hydrogens (tertiary/aromatic N) is 1. The molecule has 0 bridgehead atoms. The topological polar surface area (TPSA) is 23.3 Å². The van der Waals surface area contributed by atoms with Crippen LogP contribution in [0.15, 0.2) is 0 Å². The molecule has 4 heteroatoms. The average molecular weight is 457 g/mol. The van der Waals surface area contributed by atoms with Gasteiger partial charge in [-0.2, -0.15) is 12.8 Å². The van der Waals surface area contributed by atoms with Crippen molar-refractivity contribution in [2.45, 2.75) is 80.3 Å². The maximum Gasteiger partial charge on any atom is 4.00 e. The van der Waals surface area contributed by atoms with Gasteiger partial charge >= 0.3 is 26.2 Å². The smallest absolute Gasteiger partial charge is 0.662 e. The largest absolute Gasteiger partial charge is 4.00 e. The van der Waals surface area contributed by atoms with E-state index >= 15 is 0 Å². The van der Waals surface area contributed by atoms with Crippen LogP contribution in [0.2, 0.25) is 13.1 Å². The van der Waals surface area contributed by atoms with E-state index in [2.05, 4.69) is 68.5 Å². The van der Waals surface area contributed by atoms with Gasteiger partial charge in [-0.05, 0) is 29.2 Å². The van der Waals surface area contributed by atoms with Crippen molar-refractivity contribution in [3.63, 3.8) is 0 Å². The molecule has 0 N–H and O–H groups in total. The summed E-state index contributed by atoms with van der Waals surface area (Å²) in [6.07, 6.45) is 4.56. The van der Waals surface area contributed by atoms with Crippen LogP contribution < -0.4 is 0 Å². The van der Waals surface area contributed by atoms with Crippen molar-refractivity contribution < 1.29 is 30.9 Å². The molecule has 0 saturated heterocycles. The summed E-state index contributed by atoms with van der Waals surface area (Å²) in [6, 6.07) is 0. The normalized spacial score (nSPS) is 17.2. The third-order valence-electron chi connectivity index (χ3n) is 4.56. The van der Waals surface area contributed by atoms with Crippen LogP contribution in [0.4, 0.5) is 0 Å². The van der Waals surface area contributed by atoms with Crippen LogP contribution in [0.5, 0.6) is 0 Å². The molecule has 1 aliphatic carbocycles. The second-order valence-electron chi connectivity index (χ2n) is 7.02. The second kappa shape index (κ2) is 18.1. The van der Waals surface area contributed by atoms with Gasteiger partial charge in [0, 0.05) is 13.7 Å². The van der Waals surface area contributed by atoms with Crippen LogP contribution in [-0.2, 0) is 30.9 Å². The fraction of sp³-hybridized carbons (Fsp3) is 0.682. The minimum Gasteiger partial charge on any atom is -0.662 e. The molecular weight excluding hydrogens is 414 g/mol. The van der Waals surface area contributed by atoms with Gasteiger partial charge < -0.3 is 23.6 Å². The molecule has 0 aromatic carbocycles. The van der Waals surface area contributed by atoms with Gasteiger partial charge in [-0.1, -0.05) is 75.7 Å². The van der Waals surface area contributed by atoms with Crippen LogP contribution >= 0.6 is 0 Å². The first kappa shape index (κ1) is 31.7. The van der Waals surface area contributed by atoms with Crippen LogP contribution in [-0.4, -0.2) is 28.5 Å². The Morgan fingerprint density at radius 3 is 1.46 bits per heavy atom. The molecule has 0 aliphatic heterocycles. The molecule has 0 atom stereocenters. The maximum atomic E-state index is 5.09. The first-order chi connectivity index (χ1) is 11.7. The minimum absolute atomic E-state index is 0. The molecule has 2 nitrogen and oxygen atoms in total. The van der Waals surface area contributed by atoms with Crippen molar-refractivity contribution in [1.82, 2.24) is 0 Å². The molecule has 5 radical (unpaired) electrons. The molecule has 26 heavy (non-hydrogen) atoms. The Bertz CT molecular complexity index is 280. The van der Waals surface area contributed by atoms with Gasteiger partial charge in [0.2, 0.25) is 0 Å². The molecule has 1 aliphatic rings. The predicted octanol–water partition coefficient (Wildman–Crippen LogP) is 6.96. The van der Waals surface area contributed by atoms with Crippen LogP contribution in [0.3, 0.4) is 0 Å². The van der Waals surface area contributed by atoms with Crippen molar-refractivity contribution >= 4 is 8.24 Å². The van der Waals surface area contributed by atoms with Crippen LogP contribution in [0, 0.1) is 43.1 Å². The molecule has 0 aromatic rings. The van der Waals surface area contributed by atoms with E-state index in [1.807, 2.05) is 0 Å². The Labute approximate surface area is 187 Å². The van der Waals surface area contributed by atoms with E-state index < -0.39 is 8.24 Å². The molecule has 149 valence electrons. The summed E-state index contributed by atoms with van der Waals surface area (Å²) >= 11 is 0. The fourth-order valence-electron chi connectivity index (χ4n) is 2.63. The first-order valence-corrected chi connectivity index (χ1v) is 12.6. The van der Waals surface area contributed by atoms with Crippen molar-refractivity contribution in [2.24, 2.45) is 0 Å². The summed E-state index contributed by atoms with van der Waals surface area (Å²) < 4.78 is 5.09. The summed E-state index contributed by atoms with van der Waals surface area (Å²) in [4.78, 5) is 4.91. The van der Waals surface area contributed by atoms with E-state index in [1.165, 1.54) is 42.1 Å². The van der Waals surface area contributed by atoms with Crippen molar-refractivity contribution in [1.29, 1.82) is 0 Å². The quantitative estimate of drug-likeness (QED) is 0.231. The molecular formula is C22H43NOSiZr+. The monoisotopic (exact) mass is 455 g/mol. The summed E-state index contributed by atoms with van der Waals surface area (Å²) in [6.45, 7) is 26.6. The number of hydrogen-bond donors (Lipinski definition) is 0. The predicted molar refractivity (Wildman–Crippen MR) is 117 cm³/mol. The van der Waals surface area contributed by atoms with Gasteiger partial charge in [0.05, 0.1) is 0 Å². The Hall–Kier alpha value is 1.02. The molecule has 0 unspecified atom stereocenters. The molecule has 1 fully saturated rings. The van der Waals surface area contributed by atoms with E-state index in [0.29, 0.717) is 0 Å². The molecule has 0 heterocycles. The Kier molecular flexibility index (Phi) is 22.0. The zero-order chi connectivity index (χ0) is 20.0. The molecule has 0 spiro atoms. The summed E-state index contributed by atoms with van der Waals surface area (Å²) in [5.74, 6) is 5.80. The molecule has 0 amide bonds. The van der Waals surface area contributed by atoms with Crippen molar-refractivity contribution in [2.75, 3.05) is 20.3 Å². The fourth-order valence-corrected chi connectivity index (χ4v) is 5.65. The Morgan fingerprint density at radius 1 is 0.846 bits per heavy atom. The zero-order valence-electron chi connectivity index (χ0n) is 19.0. The molecule has 1 saturated carbocycles. The molecule has 0 aromatic heterocycles. The van der Waals surface area contributed by atoms with E-state index in [1.54, 1.807) is 7.11 Å². The number of rotatable bonds is 7. The number of hydrogen-bond acceptors (Lipinski definition) is 1. The summed E-state index contributed by atoms with van der Waals surface area (Å²) in [7, 11) is 0.0622. The first-order valence-electron chi connectivity index (χ1n) is 9.65. The summed E-state index contributed by atoms with van der Waals surface area (Å²) in [5.41, 5.74) is 1.53. The number of unbranched alkanes of at least 4 members (excludes halogenated alkanes) is 2. The maximum absolute atomic E-state index is 5.09. The SMILES string of the molecule is COCC[N-][Si](C)(C)[C]1[C](C)[C](C)[C](C)[C]1C.[CH2-]CCC.[CH2-]CCC.[Zr+4]. The van der Waals surface area contributed by atoms with E-state index in [9.17, 15) is 0 Å². The third kappa shape index (κ3) is 11.8. The Morgan fingerprint density at radius 2 is 1.19 bits per heavy atom. The third-order valence-corrected chi connectivity index (χ3v) is 7.55. The second-order valence-corrected chi connectivity index (χ2v) is 10.9. The van der Waals surface area contributed by atoms with E-state index in [4.69, 9.17) is 9.72 Å². The Balaban J connectivity index is -0.000000497. The van der Waals surface area contributed by atoms with Gasteiger partial charge in [0.15, 0.2) is 0 Å². The van der Waals surface area contributed by atoms with Crippen LogP contribution in [0.1, 0.15) is 67.2 Å². The number of methoxy groups -OCH3 is 1. The average Bonchev–Trinajstić information content (AvgIpc) is 2.79. The summed E-state index contributed by atoms with van der Waals surface area (Å²) in [5, 5.41) is 0. The molecule has 1 rings (SSSR count). The van der Waals surface area contributed by atoms with Gasteiger partial charge in [-0.25, -0.2) is 0 Å². The minimum atomic E-state index is -1.67.